The summed E-state index contributed by atoms with van der Waals surface area (Å²) in [5.41, 5.74) is 0.702. The quantitative estimate of drug-likeness (QED) is 0.576. The first kappa shape index (κ1) is 13.7. The molecule has 0 fully saturated rings. The van der Waals surface area contributed by atoms with Crippen molar-refractivity contribution < 1.29 is 15.4 Å². The van der Waals surface area contributed by atoms with E-state index in [1.807, 2.05) is 0 Å². The van der Waals surface area contributed by atoms with E-state index in [9.17, 15) is 20.2 Å². The van der Waals surface area contributed by atoms with E-state index in [4.69, 9.17) is 0 Å². The van der Waals surface area contributed by atoms with Gasteiger partial charge in [0.2, 0.25) is 5.88 Å². The lowest BCUT2D eigenvalue weighted by atomic mass is 10.1. The number of hydrogen-bond acceptors (Lipinski definition) is 5. The van der Waals surface area contributed by atoms with Crippen LogP contribution in [0.4, 0.5) is 5.69 Å². The van der Waals surface area contributed by atoms with Crippen molar-refractivity contribution in [3.63, 3.8) is 0 Å². The molecular formula is C14H14N2O4. The van der Waals surface area contributed by atoms with E-state index in [0.29, 0.717) is 17.0 Å². The molecule has 0 spiro atoms. The number of hydrogen-bond donors (Lipinski definition) is 3. The number of aryl methyl sites for hydroxylation is 1. The molecule has 0 unspecified atom stereocenters. The fraction of sp³-hybridized carbons (Fsp3) is 0.143. The van der Waals surface area contributed by atoms with Gasteiger partial charge in [-0.05, 0) is 31.5 Å². The highest BCUT2D eigenvalue weighted by molar-refractivity contribution is 6.03. The number of aliphatic imine (C=N–C) groups is 1. The van der Waals surface area contributed by atoms with Crippen LogP contribution in [0.25, 0.3) is 0 Å². The Morgan fingerprint density at radius 3 is 2.55 bits per heavy atom. The molecule has 0 aliphatic rings. The topological polar surface area (TPSA) is 95.1 Å². The Hall–Kier alpha value is -2.76. The third-order valence-electron chi connectivity index (χ3n) is 2.90. The summed E-state index contributed by atoms with van der Waals surface area (Å²) in [5.74, 6) is -0.576. The molecule has 1 aromatic heterocycles. The van der Waals surface area contributed by atoms with Crippen LogP contribution in [0, 0.1) is 6.92 Å². The van der Waals surface area contributed by atoms with Crippen molar-refractivity contribution in [2.75, 3.05) is 0 Å². The predicted octanol–water partition coefficient (Wildman–Crippen LogP) is 1.95. The molecule has 20 heavy (non-hydrogen) atoms. The molecule has 104 valence electrons. The highest BCUT2D eigenvalue weighted by Crippen LogP contribution is 2.27. The van der Waals surface area contributed by atoms with E-state index in [1.165, 1.54) is 12.1 Å². The molecule has 0 atom stereocenters. The summed E-state index contributed by atoms with van der Waals surface area (Å²) in [5, 5.41) is 28.9. The molecule has 0 aliphatic heterocycles. The monoisotopic (exact) mass is 274 g/mol. The number of aromatic hydroxyl groups is 2. The zero-order chi connectivity index (χ0) is 14.9. The Bertz CT molecular complexity index is 747. The zero-order valence-electron chi connectivity index (χ0n) is 11.0. The molecule has 6 nitrogen and oxygen atoms in total. The Morgan fingerprint density at radius 2 is 1.90 bits per heavy atom. The Morgan fingerprint density at radius 1 is 1.25 bits per heavy atom. The summed E-state index contributed by atoms with van der Waals surface area (Å²) >= 11 is 0. The van der Waals surface area contributed by atoms with E-state index in [0.717, 1.165) is 0 Å². The fourth-order valence-corrected chi connectivity index (χ4v) is 1.95. The lowest BCUT2D eigenvalue weighted by molar-refractivity contribution is 0.143. The van der Waals surface area contributed by atoms with E-state index in [1.54, 1.807) is 32.0 Å². The Labute approximate surface area is 114 Å². The molecule has 3 N–H and O–H groups in total. The van der Waals surface area contributed by atoms with Crippen molar-refractivity contribution in [1.29, 1.82) is 0 Å². The zero-order valence-corrected chi connectivity index (χ0v) is 11.0. The van der Waals surface area contributed by atoms with Crippen molar-refractivity contribution in [1.82, 2.24) is 4.73 Å². The second-order valence-corrected chi connectivity index (χ2v) is 4.36. The number of rotatable bonds is 2. The van der Waals surface area contributed by atoms with Crippen LogP contribution in [-0.2, 0) is 0 Å². The molecule has 0 saturated heterocycles. The summed E-state index contributed by atoms with van der Waals surface area (Å²) in [4.78, 5) is 15.5. The van der Waals surface area contributed by atoms with E-state index >= 15 is 0 Å². The molecule has 0 aliphatic carbocycles. The van der Waals surface area contributed by atoms with Crippen LogP contribution in [-0.4, -0.2) is 25.9 Å². The van der Waals surface area contributed by atoms with Crippen LogP contribution in [0.5, 0.6) is 11.6 Å². The van der Waals surface area contributed by atoms with Gasteiger partial charge < -0.3 is 15.4 Å². The van der Waals surface area contributed by atoms with Crippen LogP contribution in [0.3, 0.4) is 0 Å². The predicted molar refractivity (Wildman–Crippen MR) is 74.3 cm³/mol. The van der Waals surface area contributed by atoms with Gasteiger partial charge in [0.25, 0.3) is 5.56 Å². The van der Waals surface area contributed by atoms with Crippen LogP contribution >= 0.6 is 0 Å². The summed E-state index contributed by atoms with van der Waals surface area (Å²) in [6.45, 7) is 3.24. The maximum Gasteiger partial charge on any atom is 0.286 e. The van der Waals surface area contributed by atoms with Crippen molar-refractivity contribution in [3.8, 4) is 11.6 Å². The first-order valence-corrected chi connectivity index (χ1v) is 5.90. The fourth-order valence-electron chi connectivity index (χ4n) is 1.95. The van der Waals surface area contributed by atoms with Gasteiger partial charge in [-0.15, -0.1) is 4.73 Å². The average Bonchev–Trinajstić information content (AvgIpc) is 2.39. The van der Waals surface area contributed by atoms with Crippen molar-refractivity contribution in [2.24, 2.45) is 4.99 Å². The minimum Gasteiger partial charge on any atom is -0.506 e. The average molecular weight is 274 g/mol. The maximum absolute atomic E-state index is 11.3. The Kier molecular flexibility index (Phi) is 3.47. The van der Waals surface area contributed by atoms with Crippen LogP contribution in [0.15, 0.2) is 40.1 Å². The van der Waals surface area contributed by atoms with E-state index in [-0.39, 0.29) is 16.0 Å². The number of nitrogens with zero attached hydrogens (tertiary/aromatic N) is 2. The van der Waals surface area contributed by atoms with Gasteiger partial charge >= 0.3 is 0 Å². The standard InChI is InChI=1S/C14H14N2O4/c1-8-7-12(18)16(20)14(19)13(8)9(2)15-10-5-3-4-6-11(10)17/h3-7,17,19-20H,1-2H3. The van der Waals surface area contributed by atoms with E-state index < -0.39 is 11.4 Å². The number of phenolic OH excluding ortho intramolecular Hbond substituents is 1. The van der Waals surface area contributed by atoms with Gasteiger partial charge in [0.05, 0.1) is 11.3 Å². The molecular weight excluding hydrogens is 260 g/mol. The molecule has 2 rings (SSSR count). The highest BCUT2D eigenvalue weighted by Gasteiger charge is 2.15. The molecule has 0 bridgehead atoms. The first-order valence-electron chi connectivity index (χ1n) is 5.90. The van der Waals surface area contributed by atoms with Crippen LogP contribution < -0.4 is 5.56 Å². The van der Waals surface area contributed by atoms with Crippen LogP contribution in [0.2, 0.25) is 0 Å². The van der Waals surface area contributed by atoms with E-state index in [2.05, 4.69) is 4.99 Å². The third-order valence-corrected chi connectivity index (χ3v) is 2.90. The van der Waals surface area contributed by atoms with Gasteiger partial charge in [-0.25, -0.2) is 4.99 Å². The lowest BCUT2D eigenvalue weighted by Crippen LogP contribution is -2.20. The number of para-hydroxylation sites is 2. The smallest absolute Gasteiger partial charge is 0.286 e. The SMILES string of the molecule is CC(=Nc1ccccc1O)c1c(C)cc(=O)n(O)c1O. The van der Waals surface area contributed by atoms with Crippen molar-refractivity contribution in [3.05, 3.63) is 51.8 Å². The number of phenols is 1. The molecule has 0 saturated carbocycles. The van der Waals surface area contributed by atoms with Gasteiger partial charge in [-0.2, -0.15) is 0 Å². The van der Waals surface area contributed by atoms with Crippen LogP contribution in [0.1, 0.15) is 18.1 Å². The minimum atomic E-state index is -0.723. The van der Waals surface area contributed by atoms with Gasteiger partial charge in [0.1, 0.15) is 11.4 Å². The number of benzene rings is 1. The number of pyridine rings is 1. The molecule has 0 amide bonds. The highest BCUT2D eigenvalue weighted by atomic mass is 16.5. The Balaban J connectivity index is 2.60. The number of aromatic nitrogens is 1. The van der Waals surface area contributed by atoms with Crippen molar-refractivity contribution >= 4 is 11.4 Å². The summed E-state index contributed by atoms with van der Waals surface area (Å²) in [7, 11) is 0. The summed E-state index contributed by atoms with van der Waals surface area (Å²) < 4.78 is 0.159. The van der Waals surface area contributed by atoms with Gasteiger partial charge in [0.15, 0.2) is 0 Å². The van der Waals surface area contributed by atoms with Gasteiger partial charge in [-0.1, -0.05) is 12.1 Å². The first-order chi connectivity index (χ1) is 9.41. The minimum absolute atomic E-state index is 0.00122. The normalized spacial score (nSPS) is 11.6. The third kappa shape index (κ3) is 2.35. The van der Waals surface area contributed by atoms with Gasteiger partial charge in [0, 0.05) is 6.07 Å². The second-order valence-electron chi connectivity index (χ2n) is 4.36. The molecule has 1 aromatic carbocycles. The lowest BCUT2D eigenvalue weighted by Gasteiger charge is -2.10. The van der Waals surface area contributed by atoms with Crippen molar-refractivity contribution in [2.45, 2.75) is 13.8 Å². The molecule has 2 aromatic rings. The second kappa shape index (κ2) is 5.08. The maximum atomic E-state index is 11.3. The molecule has 6 heteroatoms. The largest absolute Gasteiger partial charge is 0.506 e. The summed E-state index contributed by atoms with van der Waals surface area (Å²) in [6, 6.07) is 7.68. The van der Waals surface area contributed by atoms with Gasteiger partial charge in [-0.3, -0.25) is 4.79 Å². The summed E-state index contributed by atoms with van der Waals surface area (Å²) in [6.07, 6.45) is 0. The molecule has 1 heterocycles. The molecule has 0 radical (unpaired) electrons.